The van der Waals surface area contributed by atoms with Crippen molar-refractivity contribution in [3.8, 4) is 60.0 Å². The number of rotatable bonds is 12. The van der Waals surface area contributed by atoms with E-state index in [1.54, 1.807) is 69.1 Å². The smallest absolute Gasteiger partial charge is 0.260 e. The highest BCUT2D eigenvalue weighted by molar-refractivity contribution is 7.30. The predicted molar refractivity (Wildman–Crippen MR) is 392 cm³/mol. The van der Waals surface area contributed by atoms with Crippen LogP contribution in [0.25, 0.3) is 111 Å². The second kappa shape index (κ2) is 24.6. The van der Waals surface area contributed by atoms with Crippen molar-refractivity contribution in [3.05, 3.63) is 96.8 Å². The lowest BCUT2D eigenvalue weighted by Crippen LogP contribution is -2.58. The van der Waals surface area contributed by atoms with Gasteiger partial charge in [0.1, 0.15) is 27.7 Å². The molecule has 4 bridgehead atoms. The van der Waals surface area contributed by atoms with Gasteiger partial charge >= 0.3 is 0 Å². The highest BCUT2D eigenvalue weighted by Gasteiger charge is 2.50. The van der Waals surface area contributed by atoms with Gasteiger partial charge in [-0.2, -0.15) is 15.3 Å². The SMILES string of the molecule is CC1CC(N(C)c2nc3sc(-c4ncc(-c5cn[nH]c5)c5cc[nH]c45)nc3s2)CCN1C.CN(c1nc2sc(-c3ncc(-c4cn[nH]c4)c4cc[nH]c34)nc2s1)C1C[C@]2(C)CC[C@](C)(C1)N2.CN(c1nc2sc(-n3cnc(-c4cn[nH]c4)cc3=O)nc2s1)C1C[C@H]2CC[C@@H](C1)N2C. The quantitative estimate of drug-likeness (QED) is 0.0663. The molecular formula is C66H72N24OS6. The van der Waals surface area contributed by atoms with Gasteiger partial charge in [-0.25, -0.2) is 39.5 Å². The van der Waals surface area contributed by atoms with Crippen LogP contribution in [0, 0.1) is 0 Å². The maximum absolute atomic E-state index is 12.6. The van der Waals surface area contributed by atoms with Crippen molar-refractivity contribution in [2.45, 2.75) is 132 Å². The van der Waals surface area contributed by atoms with Gasteiger partial charge in [0.05, 0.1) is 35.3 Å². The zero-order chi connectivity index (χ0) is 66.0. The number of likely N-dealkylation sites (tertiary alicyclic amines) is 1. The highest BCUT2D eigenvalue weighted by Crippen LogP contribution is 2.47. The lowest BCUT2D eigenvalue weighted by atomic mass is 9.84. The van der Waals surface area contributed by atoms with Crippen LogP contribution in [0.2, 0.25) is 0 Å². The maximum atomic E-state index is 12.6. The van der Waals surface area contributed by atoms with Gasteiger partial charge < -0.3 is 39.8 Å². The van der Waals surface area contributed by atoms with Crippen LogP contribution < -0.4 is 25.6 Å². The predicted octanol–water partition coefficient (Wildman–Crippen LogP) is 12.5. The third kappa shape index (κ3) is 11.5. The average molecular weight is 1410 g/mol. The standard InChI is InChI=1S/C24H26N8S2.C22H24N8S2.C20H22N8OS2/c1-23-5-6-24(2,31-23)9-14(8-23)32(3)22-30-21-20(34-22)29-19(33-21)18-17-15(4-7-25-17)16(12-26-18)13-10-27-28-11-13;1-12-8-14(5-7-29(12)2)30(3)22-28-21-20(32-22)27-19(31-21)18-17-15(4-6-23-17)16(11-24-18)13-9-25-26-10-13;1-26-12-3-4-13(26)6-14(5-12)27(2)19-24-17-18(30-19)25-20(31-17)28-10-21-15(7-16(28)29)11-8-22-23-9-11/h4,7,10-12,14,25,31H,5-6,8-9H2,1-3H3,(H,27,28);4,6,9-12,14,23H,5,7-8H2,1-3H3,(H,25,26);7-10,12-14H,3-6H2,1-2H3,(H,22,23)/t14?,23-,24+;;12-,13+,14?. The summed E-state index contributed by atoms with van der Waals surface area (Å²) >= 11 is 9.61. The lowest BCUT2D eigenvalue weighted by Gasteiger charge is -2.45. The molecule has 97 heavy (non-hydrogen) atoms. The second-order valence-corrected chi connectivity index (χ2v) is 33.0. The molecular weight excluding hydrogens is 1340 g/mol. The van der Waals surface area contributed by atoms with E-state index >= 15 is 0 Å². The van der Waals surface area contributed by atoms with Crippen molar-refractivity contribution in [1.29, 1.82) is 0 Å². The zero-order valence-electron chi connectivity index (χ0n) is 54.7. The van der Waals surface area contributed by atoms with E-state index in [-0.39, 0.29) is 16.6 Å². The summed E-state index contributed by atoms with van der Waals surface area (Å²) in [7, 11) is 11.0. The molecule has 25 nitrogen and oxygen atoms in total. The van der Waals surface area contributed by atoms with Gasteiger partial charge in [-0.05, 0) is 111 Å². The zero-order valence-corrected chi connectivity index (χ0v) is 59.6. The number of H-pyrrole nitrogens is 5. The summed E-state index contributed by atoms with van der Waals surface area (Å²) in [5, 5.41) is 32.2. The number of fused-ring (bicyclic) bond motifs is 9. The van der Waals surface area contributed by atoms with Crippen molar-refractivity contribution in [2.75, 3.05) is 56.5 Å². The summed E-state index contributed by atoms with van der Waals surface area (Å²) in [6.07, 6.45) is 32.2. The van der Waals surface area contributed by atoms with E-state index in [0.717, 1.165) is 141 Å². The molecule has 6 N–H and O–H groups in total. The molecule has 5 aliphatic heterocycles. The number of hydrogen-bond acceptors (Lipinski definition) is 25. The van der Waals surface area contributed by atoms with Crippen molar-refractivity contribution >= 4 is 134 Å². The van der Waals surface area contributed by atoms with Crippen LogP contribution in [0.4, 0.5) is 15.4 Å². The van der Waals surface area contributed by atoms with E-state index in [4.69, 9.17) is 34.9 Å². The Morgan fingerprint density at radius 2 is 1.05 bits per heavy atom. The molecule has 0 aromatic carbocycles. The van der Waals surface area contributed by atoms with Crippen LogP contribution in [0.15, 0.2) is 91.3 Å². The maximum Gasteiger partial charge on any atom is 0.260 e. The summed E-state index contributed by atoms with van der Waals surface area (Å²) in [5.41, 5.74) is 9.52. The van der Waals surface area contributed by atoms with Crippen LogP contribution in [0.1, 0.15) is 85.0 Å². The largest absolute Gasteiger partial charge is 0.359 e. The molecule has 0 amide bonds. The fourth-order valence-corrected chi connectivity index (χ4v) is 21.5. The lowest BCUT2D eigenvalue weighted by molar-refractivity contribution is 0.161. The van der Waals surface area contributed by atoms with Gasteiger partial charge in [-0.15, -0.1) is 0 Å². The van der Waals surface area contributed by atoms with Crippen LogP contribution in [-0.2, 0) is 0 Å². The number of pyridine rings is 2. The molecule has 498 valence electrons. The van der Waals surface area contributed by atoms with Crippen LogP contribution in [0.5, 0.6) is 0 Å². The van der Waals surface area contributed by atoms with Crippen molar-refractivity contribution < 1.29 is 0 Å². The highest BCUT2D eigenvalue weighted by atomic mass is 32.1. The molecule has 19 rings (SSSR count). The molecule has 0 radical (unpaired) electrons. The number of piperidine rings is 3. The molecule has 0 spiro atoms. The van der Waals surface area contributed by atoms with Crippen molar-refractivity contribution in [1.82, 2.24) is 105 Å². The molecule has 0 aliphatic carbocycles. The van der Waals surface area contributed by atoms with Crippen LogP contribution in [0.3, 0.4) is 0 Å². The Balaban J connectivity index is 0.000000110. The molecule has 14 aromatic heterocycles. The summed E-state index contributed by atoms with van der Waals surface area (Å²) in [5.74, 6) is 0. The molecule has 5 aliphatic rings. The minimum absolute atomic E-state index is 0.174. The average Bonchev–Trinajstić information content (AvgIpc) is 1.63. The van der Waals surface area contributed by atoms with E-state index in [1.807, 2.05) is 49.6 Å². The van der Waals surface area contributed by atoms with Gasteiger partial charge in [0, 0.05) is 163 Å². The molecule has 8 atom stereocenters. The fraction of sp³-hybridized carbons (Fsp3) is 0.409. The third-order valence-electron chi connectivity index (χ3n) is 20.9. The first-order chi connectivity index (χ1) is 47.0. The molecule has 5 fully saturated rings. The van der Waals surface area contributed by atoms with Gasteiger partial charge in [-0.1, -0.05) is 68.0 Å². The fourth-order valence-electron chi connectivity index (χ4n) is 15.3. The topological polar surface area (TPSA) is 284 Å². The third-order valence-corrected chi connectivity index (χ3v) is 27.3. The Morgan fingerprint density at radius 3 is 1.55 bits per heavy atom. The summed E-state index contributed by atoms with van der Waals surface area (Å²) < 4.78 is 1.47. The minimum atomic E-state index is -0.174. The normalized spacial score (nSPS) is 23.4. The number of hydrogen-bond donors (Lipinski definition) is 6. The number of aromatic nitrogens is 18. The summed E-state index contributed by atoms with van der Waals surface area (Å²) in [6.45, 7) is 8.18. The molecule has 5 saturated heterocycles. The Bertz CT molecular complexity index is 5080. The van der Waals surface area contributed by atoms with Gasteiger partial charge in [0.25, 0.3) is 5.56 Å². The monoisotopic (exact) mass is 1410 g/mol. The Morgan fingerprint density at radius 1 is 0.557 bits per heavy atom. The summed E-state index contributed by atoms with van der Waals surface area (Å²) in [4.78, 5) is 80.4. The first kappa shape index (κ1) is 62.3. The molecule has 31 heteroatoms. The van der Waals surface area contributed by atoms with E-state index in [1.165, 1.54) is 73.2 Å². The van der Waals surface area contributed by atoms with Crippen LogP contribution in [-0.4, -0.2) is 189 Å². The number of thiazole rings is 6. The van der Waals surface area contributed by atoms with E-state index < -0.39 is 0 Å². The first-order valence-electron chi connectivity index (χ1n) is 32.8. The number of nitrogens with one attached hydrogen (secondary N) is 6. The Labute approximate surface area is 581 Å². The van der Waals surface area contributed by atoms with E-state index in [2.05, 4.69) is 148 Å². The molecule has 14 aromatic rings. The van der Waals surface area contributed by atoms with E-state index in [9.17, 15) is 4.79 Å². The van der Waals surface area contributed by atoms with E-state index in [0.29, 0.717) is 47.1 Å². The summed E-state index contributed by atoms with van der Waals surface area (Å²) in [6, 6.07) is 9.19. The Hall–Kier alpha value is -8.27. The van der Waals surface area contributed by atoms with Crippen molar-refractivity contribution in [3.63, 3.8) is 0 Å². The number of nitrogens with zero attached hydrogens (tertiary/aromatic N) is 18. The second-order valence-electron chi connectivity index (χ2n) is 27.2. The number of anilines is 3. The van der Waals surface area contributed by atoms with Crippen molar-refractivity contribution in [2.24, 2.45) is 0 Å². The van der Waals surface area contributed by atoms with Gasteiger partial charge in [0.15, 0.2) is 44.4 Å². The minimum Gasteiger partial charge on any atom is -0.359 e. The van der Waals surface area contributed by atoms with Crippen LogP contribution >= 0.6 is 68.0 Å². The Kier molecular flexibility index (Phi) is 15.8. The molecule has 0 saturated carbocycles. The molecule has 19 heterocycles. The number of aromatic amines is 5. The van der Waals surface area contributed by atoms with Gasteiger partial charge in [0.2, 0.25) is 5.13 Å². The molecule has 4 unspecified atom stereocenters. The van der Waals surface area contributed by atoms with Gasteiger partial charge in [-0.3, -0.25) is 30.1 Å². The first-order valence-corrected chi connectivity index (χ1v) is 37.7.